The molecule has 1 amide bonds. The van der Waals surface area contributed by atoms with E-state index in [1.807, 2.05) is 0 Å². The van der Waals surface area contributed by atoms with Gasteiger partial charge < -0.3 is 15.8 Å². The van der Waals surface area contributed by atoms with Crippen molar-refractivity contribution in [2.45, 2.75) is 25.8 Å². The fourth-order valence-corrected chi connectivity index (χ4v) is 2.16. The van der Waals surface area contributed by atoms with Crippen LogP contribution in [-0.2, 0) is 4.79 Å². The van der Waals surface area contributed by atoms with Gasteiger partial charge in [0, 0.05) is 17.3 Å². The molecule has 0 bridgehead atoms. The van der Waals surface area contributed by atoms with Gasteiger partial charge >= 0.3 is 0 Å². The number of rotatable bonds is 5. The van der Waals surface area contributed by atoms with Crippen LogP contribution < -0.4 is 15.8 Å². The van der Waals surface area contributed by atoms with Crippen molar-refractivity contribution in [1.82, 2.24) is 10.3 Å². The summed E-state index contributed by atoms with van der Waals surface area (Å²) >= 11 is 0. The maximum Gasteiger partial charge on any atom is 0.255 e. The zero-order chi connectivity index (χ0) is 13.8. The van der Waals surface area contributed by atoms with Gasteiger partial charge in [-0.1, -0.05) is 0 Å². The predicted molar refractivity (Wildman–Crippen MR) is 69.0 cm³/mol. The third-order valence-electron chi connectivity index (χ3n) is 3.15. The predicted octanol–water partition coefficient (Wildman–Crippen LogP) is 0.189. The van der Waals surface area contributed by atoms with E-state index in [1.54, 1.807) is 13.0 Å². The third-order valence-corrected chi connectivity index (χ3v) is 3.15. The van der Waals surface area contributed by atoms with Crippen molar-refractivity contribution in [2.24, 2.45) is 5.73 Å². The van der Waals surface area contributed by atoms with Crippen LogP contribution in [0.15, 0.2) is 12.3 Å². The van der Waals surface area contributed by atoms with Crippen LogP contribution in [0.3, 0.4) is 0 Å². The van der Waals surface area contributed by atoms with Gasteiger partial charge in [-0.3, -0.25) is 9.59 Å². The zero-order valence-corrected chi connectivity index (χ0v) is 10.8. The molecule has 6 nitrogen and oxygen atoms in total. The molecule has 1 atom stereocenters. The highest BCUT2D eigenvalue weighted by Gasteiger charge is 2.25. The van der Waals surface area contributed by atoms with Gasteiger partial charge in [-0.25, -0.2) is 4.98 Å². The summed E-state index contributed by atoms with van der Waals surface area (Å²) in [6.07, 6.45) is 3.36. The minimum Gasteiger partial charge on any atom is -0.467 e. The van der Waals surface area contributed by atoms with Crippen molar-refractivity contribution >= 4 is 11.7 Å². The highest BCUT2D eigenvalue weighted by Crippen LogP contribution is 2.21. The first-order valence-electron chi connectivity index (χ1n) is 6.24. The number of nitrogens with two attached hydrogens (primary N) is 1. The number of carbonyl (C=O) groups is 2. The molecule has 1 fully saturated rings. The molecule has 2 heterocycles. The molecule has 1 saturated heterocycles. The molecule has 0 radical (unpaired) electrons. The smallest absolute Gasteiger partial charge is 0.255 e. The number of Topliss-reactive ketones (excluding diaryl/α,β-unsaturated/α-hetero) is 1. The van der Waals surface area contributed by atoms with Crippen LogP contribution in [0.2, 0.25) is 0 Å². The Kier molecular flexibility index (Phi) is 4.11. The highest BCUT2D eigenvalue weighted by molar-refractivity contribution is 6.01. The lowest BCUT2D eigenvalue weighted by Gasteiger charge is -2.13. The first kappa shape index (κ1) is 13.5. The average Bonchev–Trinajstić information content (AvgIpc) is 2.90. The van der Waals surface area contributed by atoms with Gasteiger partial charge in [0.05, 0.1) is 6.04 Å². The molecule has 1 aliphatic heterocycles. The first-order chi connectivity index (χ1) is 9.09. The number of ketones is 1. The topological polar surface area (TPSA) is 94.3 Å². The summed E-state index contributed by atoms with van der Waals surface area (Å²) in [5.74, 6) is -0.251. The SMILES string of the molecule is Cc1c(C(=O)[C@@H]2CCCN2)ccnc1OCC(N)=O. The molecule has 102 valence electrons. The lowest BCUT2D eigenvalue weighted by Crippen LogP contribution is -2.31. The normalized spacial score (nSPS) is 18.3. The molecule has 0 aliphatic carbocycles. The molecule has 0 saturated carbocycles. The molecule has 3 N–H and O–H groups in total. The number of hydrogen-bond acceptors (Lipinski definition) is 5. The molecule has 6 heteroatoms. The largest absolute Gasteiger partial charge is 0.467 e. The summed E-state index contributed by atoms with van der Waals surface area (Å²) in [5, 5.41) is 3.17. The molecule has 1 aliphatic rings. The number of hydrogen-bond donors (Lipinski definition) is 2. The quantitative estimate of drug-likeness (QED) is 0.739. The van der Waals surface area contributed by atoms with Gasteiger partial charge in [-0.15, -0.1) is 0 Å². The van der Waals surface area contributed by atoms with Crippen LogP contribution in [0.5, 0.6) is 5.88 Å². The van der Waals surface area contributed by atoms with Crippen LogP contribution in [0.25, 0.3) is 0 Å². The van der Waals surface area contributed by atoms with Gasteiger partial charge in [-0.05, 0) is 32.4 Å². The number of primary amides is 1. The van der Waals surface area contributed by atoms with Gasteiger partial charge in [-0.2, -0.15) is 0 Å². The van der Waals surface area contributed by atoms with E-state index in [9.17, 15) is 9.59 Å². The average molecular weight is 263 g/mol. The molecular formula is C13H17N3O3. The molecule has 19 heavy (non-hydrogen) atoms. The fourth-order valence-electron chi connectivity index (χ4n) is 2.16. The van der Waals surface area contributed by atoms with Crippen molar-refractivity contribution < 1.29 is 14.3 Å². The Labute approximate surface area is 111 Å². The van der Waals surface area contributed by atoms with E-state index in [-0.39, 0.29) is 24.3 Å². The number of nitrogens with one attached hydrogen (secondary N) is 1. The third kappa shape index (κ3) is 3.08. The van der Waals surface area contributed by atoms with E-state index >= 15 is 0 Å². The number of carbonyl (C=O) groups excluding carboxylic acids is 2. The van der Waals surface area contributed by atoms with Crippen molar-refractivity contribution in [3.05, 3.63) is 23.4 Å². The number of nitrogens with zero attached hydrogens (tertiary/aromatic N) is 1. The van der Waals surface area contributed by atoms with E-state index in [1.165, 1.54) is 6.20 Å². The van der Waals surface area contributed by atoms with Gasteiger partial charge in [0.25, 0.3) is 5.91 Å². The van der Waals surface area contributed by atoms with E-state index in [2.05, 4.69) is 10.3 Å². The summed E-state index contributed by atoms with van der Waals surface area (Å²) in [7, 11) is 0. The van der Waals surface area contributed by atoms with Crippen molar-refractivity contribution in [1.29, 1.82) is 0 Å². The summed E-state index contributed by atoms with van der Waals surface area (Å²) in [6, 6.07) is 1.54. The molecule has 2 rings (SSSR count). The lowest BCUT2D eigenvalue weighted by atomic mass is 10.00. The van der Waals surface area contributed by atoms with Crippen molar-refractivity contribution in [2.75, 3.05) is 13.2 Å². The maximum absolute atomic E-state index is 12.3. The highest BCUT2D eigenvalue weighted by atomic mass is 16.5. The molecule has 1 aromatic rings. The Bertz CT molecular complexity index is 496. The van der Waals surface area contributed by atoms with Crippen LogP contribution >= 0.6 is 0 Å². The summed E-state index contributed by atoms with van der Waals surface area (Å²) in [5.41, 5.74) is 6.24. The van der Waals surface area contributed by atoms with E-state index in [4.69, 9.17) is 10.5 Å². The Morgan fingerprint density at radius 3 is 3.00 bits per heavy atom. The second-order valence-corrected chi connectivity index (χ2v) is 4.56. The van der Waals surface area contributed by atoms with Gasteiger partial charge in [0.15, 0.2) is 12.4 Å². The van der Waals surface area contributed by atoms with Gasteiger partial charge in [0.1, 0.15) is 0 Å². The summed E-state index contributed by atoms with van der Waals surface area (Å²) < 4.78 is 5.19. The fraction of sp³-hybridized carbons (Fsp3) is 0.462. The summed E-state index contributed by atoms with van der Waals surface area (Å²) in [4.78, 5) is 27.0. The second-order valence-electron chi connectivity index (χ2n) is 4.56. The van der Waals surface area contributed by atoms with Crippen molar-refractivity contribution in [3.63, 3.8) is 0 Å². The molecule has 0 spiro atoms. The molecular weight excluding hydrogens is 246 g/mol. The number of aromatic nitrogens is 1. The Balaban J connectivity index is 2.18. The Morgan fingerprint density at radius 1 is 1.58 bits per heavy atom. The Morgan fingerprint density at radius 2 is 2.37 bits per heavy atom. The van der Waals surface area contributed by atoms with E-state index in [0.29, 0.717) is 11.1 Å². The zero-order valence-electron chi connectivity index (χ0n) is 10.8. The minimum atomic E-state index is -0.574. The van der Waals surface area contributed by atoms with Gasteiger partial charge in [0.2, 0.25) is 5.88 Å². The monoisotopic (exact) mass is 263 g/mol. The maximum atomic E-state index is 12.3. The van der Waals surface area contributed by atoms with Crippen LogP contribution in [0, 0.1) is 6.92 Å². The standard InChI is InChI=1S/C13H17N3O3/c1-8-9(12(18)10-3-2-5-15-10)4-6-16-13(8)19-7-11(14)17/h4,6,10,15H,2-3,5,7H2,1H3,(H2,14,17)/t10-/m0/s1. The van der Waals surface area contributed by atoms with E-state index < -0.39 is 5.91 Å². The van der Waals surface area contributed by atoms with Crippen LogP contribution in [0.1, 0.15) is 28.8 Å². The van der Waals surface area contributed by atoms with Crippen LogP contribution in [-0.4, -0.2) is 35.9 Å². The molecule has 0 aromatic carbocycles. The Hall–Kier alpha value is -1.95. The van der Waals surface area contributed by atoms with Crippen molar-refractivity contribution in [3.8, 4) is 5.88 Å². The number of pyridine rings is 1. The minimum absolute atomic E-state index is 0.0429. The number of ether oxygens (including phenoxy) is 1. The van der Waals surface area contributed by atoms with E-state index in [0.717, 1.165) is 19.4 Å². The first-order valence-corrected chi connectivity index (χ1v) is 6.24. The lowest BCUT2D eigenvalue weighted by molar-refractivity contribution is -0.120. The molecule has 0 unspecified atom stereocenters. The number of amides is 1. The second kappa shape index (κ2) is 5.79. The summed E-state index contributed by atoms with van der Waals surface area (Å²) in [6.45, 7) is 2.38. The van der Waals surface area contributed by atoms with Crippen LogP contribution in [0.4, 0.5) is 0 Å². The molecule has 1 aromatic heterocycles.